The van der Waals surface area contributed by atoms with Gasteiger partial charge in [0.25, 0.3) is 0 Å². The Kier molecular flexibility index (Phi) is 3.17. The molecule has 0 radical (unpaired) electrons. The smallest absolute Gasteiger partial charge is 0.207 e. The van der Waals surface area contributed by atoms with Crippen LogP contribution in [-0.4, -0.2) is 8.42 Å². The van der Waals surface area contributed by atoms with Crippen LogP contribution in [0.1, 0.15) is 25.8 Å². The van der Waals surface area contributed by atoms with Crippen LogP contribution >= 0.6 is 0 Å². The first kappa shape index (κ1) is 13.4. The number of hydrogen-bond donors (Lipinski definition) is 0. The van der Waals surface area contributed by atoms with Crippen molar-refractivity contribution in [1.29, 1.82) is 0 Å². The van der Waals surface area contributed by atoms with Gasteiger partial charge >= 0.3 is 0 Å². The lowest BCUT2D eigenvalue weighted by Crippen LogP contribution is -1.99. The monoisotopic (exact) mass is 286 g/mol. The van der Waals surface area contributed by atoms with E-state index in [4.69, 9.17) is 0 Å². The van der Waals surface area contributed by atoms with Gasteiger partial charge in [0.15, 0.2) is 0 Å². The van der Waals surface area contributed by atoms with Crippen LogP contribution in [0.15, 0.2) is 52.3 Å². The first-order valence-corrected chi connectivity index (χ1v) is 8.49. The number of benzene rings is 2. The predicted molar refractivity (Wildman–Crippen MR) is 80.5 cm³/mol. The highest BCUT2D eigenvalue weighted by Gasteiger charge is 2.32. The molecule has 0 amide bonds. The summed E-state index contributed by atoms with van der Waals surface area (Å²) >= 11 is 0. The van der Waals surface area contributed by atoms with E-state index in [2.05, 4.69) is 13.8 Å². The summed E-state index contributed by atoms with van der Waals surface area (Å²) in [5, 5.41) is 0. The first-order valence-electron chi connectivity index (χ1n) is 7.01. The van der Waals surface area contributed by atoms with Crippen LogP contribution in [-0.2, 0) is 16.3 Å². The Hall–Kier alpha value is -1.61. The molecule has 1 unspecified atom stereocenters. The van der Waals surface area contributed by atoms with Crippen molar-refractivity contribution in [2.75, 3.05) is 0 Å². The average molecular weight is 286 g/mol. The Morgan fingerprint density at radius 3 is 2.45 bits per heavy atom. The average Bonchev–Trinajstić information content (AvgIpc) is 2.68. The molecule has 20 heavy (non-hydrogen) atoms. The van der Waals surface area contributed by atoms with Gasteiger partial charge < -0.3 is 0 Å². The van der Waals surface area contributed by atoms with Gasteiger partial charge in [-0.15, -0.1) is 0 Å². The first-order chi connectivity index (χ1) is 9.54. The van der Waals surface area contributed by atoms with Crippen molar-refractivity contribution in [3.05, 3.63) is 48.0 Å². The standard InChI is InChI=1S/C17H18O2S/c1-3-12(2)10-13-8-9-17-15(11-13)14-6-4-5-7-16(14)20(17,18)19/h4-9,11-12H,3,10H2,1-2H3. The quantitative estimate of drug-likeness (QED) is 0.726. The second kappa shape index (κ2) is 4.74. The topological polar surface area (TPSA) is 34.1 Å². The number of fused-ring (bicyclic) bond motifs is 3. The summed E-state index contributed by atoms with van der Waals surface area (Å²) in [6, 6.07) is 13.0. The molecular weight excluding hydrogens is 268 g/mol. The van der Waals surface area contributed by atoms with Crippen molar-refractivity contribution in [2.45, 2.75) is 36.5 Å². The Labute approximate surface area is 120 Å². The van der Waals surface area contributed by atoms with Gasteiger partial charge in [0.2, 0.25) is 9.84 Å². The Morgan fingerprint density at radius 2 is 1.70 bits per heavy atom. The van der Waals surface area contributed by atoms with E-state index in [9.17, 15) is 8.42 Å². The maximum absolute atomic E-state index is 12.5. The van der Waals surface area contributed by atoms with Crippen LogP contribution in [0, 0.1) is 5.92 Å². The third-order valence-corrected chi connectivity index (χ3v) is 5.95. The molecule has 1 aliphatic rings. The maximum Gasteiger partial charge on any atom is 0.207 e. The van der Waals surface area contributed by atoms with Gasteiger partial charge in [0, 0.05) is 11.1 Å². The van der Waals surface area contributed by atoms with Crippen molar-refractivity contribution in [1.82, 2.24) is 0 Å². The zero-order valence-corrected chi connectivity index (χ0v) is 12.6. The van der Waals surface area contributed by atoms with E-state index in [1.54, 1.807) is 18.2 Å². The molecular formula is C17H18O2S. The highest BCUT2D eigenvalue weighted by atomic mass is 32.2. The summed E-state index contributed by atoms with van der Waals surface area (Å²) < 4.78 is 24.9. The van der Waals surface area contributed by atoms with Gasteiger partial charge in [-0.3, -0.25) is 0 Å². The lowest BCUT2D eigenvalue weighted by Gasteiger charge is -2.09. The fourth-order valence-corrected chi connectivity index (χ4v) is 4.41. The maximum atomic E-state index is 12.5. The molecule has 0 spiro atoms. The highest BCUT2D eigenvalue weighted by Crippen LogP contribution is 2.43. The molecule has 1 atom stereocenters. The molecule has 2 nitrogen and oxygen atoms in total. The fraction of sp³-hybridized carbons (Fsp3) is 0.294. The molecule has 0 saturated heterocycles. The van der Waals surface area contributed by atoms with E-state index in [0.29, 0.717) is 15.7 Å². The molecule has 0 saturated carbocycles. The summed E-state index contributed by atoms with van der Waals surface area (Å²) in [5.41, 5.74) is 2.92. The molecule has 3 heteroatoms. The summed E-state index contributed by atoms with van der Waals surface area (Å²) in [6.07, 6.45) is 2.12. The number of rotatable bonds is 3. The molecule has 0 fully saturated rings. The van der Waals surface area contributed by atoms with Crippen molar-refractivity contribution in [2.24, 2.45) is 5.92 Å². The van der Waals surface area contributed by atoms with Crippen molar-refractivity contribution < 1.29 is 8.42 Å². The molecule has 2 aromatic rings. The summed E-state index contributed by atoms with van der Waals surface area (Å²) in [7, 11) is -3.32. The number of sulfone groups is 1. The third kappa shape index (κ3) is 1.97. The number of hydrogen-bond acceptors (Lipinski definition) is 2. The third-order valence-electron chi connectivity index (χ3n) is 4.08. The predicted octanol–water partition coefficient (Wildman–Crippen LogP) is 4.09. The van der Waals surface area contributed by atoms with Gasteiger partial charge in [-0.1, -0.05) is 44.5 Å². The van der Waals surface area contributed by atoms with Gasteiger partial charge in [0.05, 0.1) is 9.79 Å². The molecule has 3 rings (SSSR count). The second-order valence-electron chi connectivity index (χ2n) is 5.55. The molecule has 0 bridgehead atoms. The van der Waals surface area contributed by atoms with Crippen LogP contribution in [0.25, 0.3) is 11.1 Å². The van der Waals surface area contributed by atoms with Crippen LogP contribution in [0.3, 0.4) is 0 Å². The molecule has 1 heterocycles. The molecule has 104 valence electrons. The molecule has 0 aliphatic carbocycles. The minimum absolute atomic E-state index is 0.440. The normalized spacial score (nSPS) is 16.5. The van der Waals surface area contributed by atoms with Crippen molar-refractivity contribution >= 4 is 9.84 Å². The zero-order chi connectivity index (χ0) is 14.3. The van der Waals surface area contributed by atoms with Crippen molar-refractivity contribution in [3.63, 3.8) is 0 Å². The Morgan fingerprint density at radius 1 is 1.00 bits per heavy atom. The lowest BCUT2D eigenvalue weighted by atomic mass is 9.96. The largest absolute Gasteiger partial charge is 0.218 e. The van der Waals surface area contributed by atoms with Gasteiger partial charge in [-0.2, -0.15) is 0 Å². The van der Waals surface area contributed by atoms with E-state index in [1.807, 2.05) is 24.3 Å². The molecule has 0 aromatic heterocycles. The Bertz CT molecular complexity index is 760. The summed E-state index contributed by atoms with van der Waals surface area (Å²) in [5.74, 6) is 0.612. The summed E-state index contributed by atoms with van der Waals surface area (Å²) in [4.78, 5) is 0.891. The minimum Gasteiger partial charge on any atom is -0.218 e. The van der Waals surface area contributed by atoms with Crippen molar-refractivity contribution in [3.8, 4) is 11.1 Å². The lowest BCUT2D eigenvalue weighted by molar-refractivity contribution is 0.560. The van der Waals surface area contributed by atoms with Gasteiger partial charge in [-0.25, -0.2) is 8.42 Å². The van der Waals surface area contributed by atoms with E-state index < -0.39 is 9.84 Å². The van der Waals surface area contributed by atoms with E-state index in [0.717, 1.165) is 24.0 Å². The van der Waals surface area contributed by atoms with E-state index >= 15 is 0 Å². The molecule has 1 aliphatic heterocycles. The molecule has 0 N–H and O–H groups in total. The Balaban J connectivity index is 2.15. The van der Waals surface area contributed by atoms with E-state index in [-0.39, 0.29) is 0 Å². The van der Waals surface area contributed by atoms with Crippen LogP contribution < -0.4 is 0 Å². The fourth-order valence-electron chi connectivity index (χ4n) is 2.74. The highest BCUT2D eigenvalue weighted by molar-refractivity contribution is 7.92. The van der Waals surface area contributed by atoms with Crippen LogP contribution in [0.4, 0.5) is 0 Å². The van der Waals surface area contributed by atoms with Crippen LogP contribution in [0.2, 0.25) is 0 Å². The van der Waals surface area contributed by atoms with Gasteiger partial charge in [0.1, 0.15) is 0 Å². The summed E-state index contributed by atoms with van der Waals surface area (Å²) in [6.45, 7) is 4.40. The SMILES string of the molecule is CCC(C)Cc1ccc2c(c1)-c1ccccc1S2(=O)=O. The minimum atomic E-state index is -3.32. The van der Waals surface area contributed by atoms with Crippen LogP contribution in [0.5, 0.6) is 0 Å². The van der Waals surface area contributed by atoms with E-state index in [1.165, 1.54) is 5.56 Å². The zero-order valence-electron chi connectivity index (χ0n) is 11.8. The molecule has 2 aromatic carbocycles. The van der Waals surface area contributed by atoms with Gasteiger partial charge in [-0.05, 0) is 36.1 Å². The second-order valence-corrected chi connectivity index (χ2v) is 7.43.